The summed E-state index contributed by atoms with van der Waals surface area (Å²) in [6.45, 7) is 4.27. The molecule has 1 fully saturated rings. The number of rotatable bonds is 3. The monoisotopic (exact) mass is 231 g/mol. The fraction of sp³-hybridized carbons (Fsp3) is 0.538. The molecule has 0 spiro atoms. The van der Waals surface area contributed by atoms with Crippen molar-refractivity contribution < 1.29 is 5.11 Å². The van der Waals surface area contributed by atoms with E-state index in [1.807, 2.05) is 19.9 Å². The second-order valence-electron chi connectivity index (χ2n) is 4.85. The molecule has 2 N–H and O–H groups in total. The first-order chi connectivity index (χ1) is 8.04. The van der Waals surface area contributed by atoms with Crippen LogP contribution < -0.4 is 5.32 Å². The lowest BCUT2D eigenvalue weighted by Crippen LogP contribution is -2.43. The zero-order chi connectivity index (χ0) is 12.5. The highest BCUT2D eigenvalue weighted by Crippen LogP contribution is 2.31. The van der Waals surface area contributed by atoms with Crippen molar-refractivity contribution in [1.29, 1.82) is 5.26 Å². The molecule has 2 rings (SSSR count). The third-order valence-corrected chi connectivity index (χ3v) is 3.33. The lowest BCUT2D eigenvalue weighted by molar-refractivity contribution is -0.0202. The highest BCUT2D eigenvalue weighted by Gasteiger charge is 2.34. The van der Waals surface area contributed by atoms with Gasteiger partial charge >= 0.3 is 0 Å². The van der Waals surface area contributed by atoms with Crippen molar-refractivity contribution in [3.8, 4) is 6.07 Å². The van der Waals surface area contributed by atoms with Crippen LogP contribution >= 0.6 is 0 Å². The van der Waals surface area contributed by atoms with Gasteiger partial charge in [0.2, 0.25) is 0 Å². The van der Waals surface area contributed by atoms with Crippen molar-refractivity contribution in [3.63, 3.8) is 0 Å². The molecule has 0 bridgehead atoms. The molecular weight excluding hydrogens is 214 g/mol. The largest absolute Gasteiger partial charge is 0.388 e. The van der Waals surface area contributed by atoms with E-state index < -0.39 is 5.60 Å². The summed E-state index contributed by atoms with van der Waals surface area (Å²) < 4.78 is 0. The number of pyridine rings is 1. The number of anilines is 1. The summed E-state index contributed by atoms with van der Waals surface area (Å²) in [5, 5.41) is 22.2. The summed E-state index contributed by atoms with van der Waals surface area (Å²) in [6, 6.07) is 4.05. The molecule has 0 saturated heterocycles. The molecule has 17 heavy (non-hydrogen) atoms. The molecule has 0 aromatic carbocycles. The average Bonchev–Trinajstić information content (AvgIpc) is 2.23. The first-order valence-electron chi connectivity index (χ1n) is 5.89. The molecule has 0 radical (unpaired) electrons. The van der Waals surface area contributed by atoms with Gasteiger partial charge in [-0.15, -0.1) is 0 Å². The molecule has 1 aromatic heterocycles. The molecule has 1 aromatic rings. The fourth-order valence-electron chi connectivity index (χ4n) is 2.12. The summed E-state index contributed by atoms with van der Waals surface area (Å²) in [6.07, 6.45) is 2.73. The quantitative estimate of drug-likeness (QED) is 0.833. The van der Waals surface area contributed by atoms with E-state index in [-0.39, 0.29) is 0 Å². The van der Waals surface area contributed by atoms with E-state index in [2.05, 4.69) is 16.4 Å². The van der Waals surface area contributed by atoms with Crippen molar-refractivity contribution in [1.82, 2.24) is 4.98 Å². The molecule has 1 heterocycles. The fourth-order valence-corrected chi connectivity index (χ4v) is 2.12. The highest BCUT2D eigenvalue weighted by atomic mass is 16.3. The third-order valence-electron chi connectivity index (χ3n) is 3.33. The lowest BCUT2D eigenvalue weighted by atomic mass is 9.80. The predicted octanol–water partition coefficient (Wildman–Crippen LogP) is 1.90. The Hall–Kier alpha value is -1.60. The smallest absolute Gasteiger partial charge is 0.144 e. The Balaban J connectivity index is 2.17. The number of aryl methyl sites for hydroxylation is 2. The van der Waals surface area contributed by atoms with Crippen LogP contribution in [0.15, 0.2) is 6.07 Å². The summed E-state index contributed by atoms with van der Waals surface area (Å²) in [5.41, 5.74) is 1.76. The molecule has 0 amide bonds. The van der Waals surface area contributed by atoms with Gasteiger partial charge < -0.3 is 10.4 Å². The average molecular weight is 231 g/mol. The van der Waals surface area contributed by atoms with Gasteiger partial charge in [-0.05, 0) is 44.7 Å². The number of aromatic nitrogens is 1. The van der Waals surface area contributed by atoms with Crippen LogP contribution in [0, 0.1) is 25.2 Å². The van der Waals surface area contributed by atoms with Crippen LogP contribution in [-0.2, 0) is 0 Å². The number of hydrogen-bond donors (Lipinski definition) is 2. The summed E-state index contributed by atoms with van der Waals surface area (Å²) >= 11 is 0. The molecule has 1 saturated carbocycles. The molecule has 0 unspecified atom stereocenters. The lowest BCUT2D eigenvalue weighted by Gasteiger charge is -2.36. The SMILES string of the molecule is Cc1cc(C)c(C#N)c(NCC2(O)CCC2)n1. The molecule has 90 valence electrons. The van der Waals surface area contributed by atoms with Crippen molar-refractivity contribution in [2.75, 3.05) is 11.9 Å². The van der Waals surface area contributed by atoms with Crippen molar-refractivity contribution in [2.45, 2.75) is 38.7 Å². The van der Waals surface area contributed by atoms with E-state index in [0.717, 1.165) is 30.5 Å². The Kier molecular flexibility index (Phi) is 3.03. The predicted molar refractivity (Wildman–Crippen MR) is 65.7 cm³/mol. The first-order valence-corrected chi connectivity index (χ1v) is 5.89. The van der Waals surface area contributed by atoms with Crippen LogP contribution in [0.2, 0.25) is 0 Å². The standard InChI is InChI=1S/C13H17N3O/c1-9-6-10(2)16-12(11(9)7-14)15-8-13(17)4-3-5-13/h6,17H,3-5,8H2,1-2H3,(H,15,16). The number of nitriles is 1. The minimum Gasteiger partial charge on any atom is -0.388 e. The molecule has 4 nitrogen and oxygen atoms in total. The molecule has 0 aliphatic heterocycles. The van der Waals surface area contributed by atoms with Gasteiger partial charge in [0.25, 0.3) is 0 Å². The van der Waals surface area contributed by atoms with Crippen LogP contribution in [-0.4, -0.2) is 22.2 Å². The van der Waals surface area contributed by atoms with Gasteiger partial charge in [0.05, 0.1) is 11.2 Å². The number of hydrogen-bond acceptors (Lipinski definition) is 4. The van der Waals surface area contributed by atoms with E-state index >= 15 is 0 Å². The summed E-state index contributed by atoms with van der Waals surface area (Å²) in [4.78, 5) is 4.32. The van der Waals surface area contributed by atoms with Gasteiger partial charge in [-0.3, -0.25) is 0 Å². The zero-order valence-corrected chi connectivity index (χ0v) is 10.2. The van der Waals surface area contributed by atoms with E-state index in [1.54, 1.807) is 0 Å². The Morgan fingerprint density at radius 2 is 2.24 bits per heavy atom. The Bertz CT molecular complexity index is 472. The van der Waals surface area contributed by atoms with E-state index in [1.165, 1.54) is 0 Å². The Morgan fingerprint density at radius 1 is 1.53 bits per heavy atom. The van der Waals surface area contributed by atoms with Gasteiger partial charge in [0.15, 0.2) is 0 Å². The van der Waals surface area contributed by atoms with Crippen molar-refractivity contribution >= 4 is 5.82 Å². The topological polar surface area (TPSA) is 68.9 Å². The third kappa shape index (κ3) is 2.40. The van der Waals surface area contributed by atoms with Crippen LogP contribution in [0.1, 0.15) is 36.1 Å². The van der Waals surface area contributed by atoms with Crippen molar-refractivity contribution in [3.05, 3.63) is 22.9 Å². The maximum absolute atomic E-state index is 10.0. The minimum atomic E-state index is -0.605. The van der Waals surface area contributed by atoms with E-state index in [4.69, 9.17) is 5.26 Å². The Morgan fingerprint density at radius 3 is 2.76 bits per heavy atom. The van der Waals surface area contributed by atoms with Crippen LogP contribution in [0.5, 0.6) is 0 Å². The van der Waals surface area contributed by atoms with Gasteiger partial charge in [0, 0.05) is 12.2 Å². The van der Waals surface area contributed by atoms with E-state index in [0.29, 0.717) is 17.9 Å². The molecular formula is C13H17N3O. The molecule has 1 aliphatic carbocycles. The molecule has 1 aliphatic rings. The maximum Gasteiger partial charge on any atom is 0.144 e. The van der Waals surface area contributed by atoms with Crippen molar-refractivity contribution in [2.24, 2.45) is 0 Å². The van der Waals surface area contributed by atoms with Gasteiger partial charge in [-0.2, -0.15) is 5.26 Å². The Labute approximate surface area is 101 Å². The second-order valence-corrected chi connectivity index (χ2v) is 4.85. The summed E-state index contributed by atoms with van der Waals surface area (Å²) in [7, 11) is 0. The maximum atomic E-state index is 10.0. The second kappa shape index (κ2) is 4.34. The highest BCUT2D eigenvalue weighted by molar-refractivity contribution is 5.56. The van der Waals surface area contributed by atoms with Gasteiger partial charge in [-0.1, -0.05) is 0 Å². The van der Waals surface area contributed by atoms with Crippen LogP contribution in [0.3, 0.4) is 0 Å². The van der Waals surface area contributed by atoms with Gasteiger partial charge in [0.1, 0.15) is 11.9 Å². The zero-order valence-electron chi connectivity index (χ0n) is 10.2. The van der Waals surface area contributed by atoms with Gasteiger partial charge in [-0.25, -0.2) is 4.98 Å². The number of nitrogens with zero attached hydrogens (tertiary/aromatic N) is 2. The number of nitrogens with one attached hydrogen (secondary N) is 1. The van der Waals surface area contributed by atoms with Crippen LogP contribution in [0.25, 0.3) is 0 Å². The first kappa shape index (κ1) is 11.9. The number of aliphatic hydroxyl groups is 1. The molecule has 0 atom stereocenters. The molecule has 4 heteroatoms. The van der Waals surface area contributed by atoms with Crippen LogP contribution in [0.4, 0.5) is 5.82 Å². The normalized spacial score (nSPS) is 17.1. The minimum absolute atomic E-state index is 0.470. The van der Waals surface area contributed by atoms with E-state index in [9.17, 15) is 5.11 Å². The summed E-state index contributed by atoms with van der Waals surface area (Å²) in [5.74, 6) is 0.588.